The number of hydrogen-bond donors (Lipinski definition) is 3. The summed E-state index contributed by atoms with van der Waals surface area (Å²) in [4.78, 5) is 22.4. The summed E-state index contributed by atoms with van der Waals surface area (Å²) in [5.74, 6) is 1.19. The third-order valence-corrected chi connectivity index (χ3v) is 7.12. The van der Waals surface area contributed by atoms with E-state index in [4.69, 9.17) is 10.4 Å². The van der Waals surface area contributed by atoms with E-state index < -0.39 is 0 Å². The molecule has 1 aromatic heterocycles. The molecule has 0 spiro atoms. The minimum Gasteiger partial charge on any atom is -0.373 e. The van der Waals surface area contributed by atoms with Gasteiger partial charge in [0.2, 0.25) is 0 Å². The van der Waals surface area contributed by atoms with Crippen molar-refractivity contribution in [2.75, 3.05) is 43.4 Å². The second-order valence-electron chi connectivity index (χ2n) is 9.54. The van der Waals surface area contributed by atoms with Crippen LogP contribution in [0.2, 0.25) is 0 Å². The van der Waals surface area contributed by atoms with Gasteiger partial charge >= 0.3 is 0 Å². The molecule has 0 bridgehead atoms. The highest BCUT2D eigenvalue weighted by Crippen LogP contribution is 2.23. The number of aromatic nitrogens is 1. The number of piperidine rings is 1. The van der Waals surface area contributed by atoms with E-state index >= 15 is 0 Å². The van der Waals surface area contributed by atoms with E-state index in [1.54, 1.807) is 7.05 Å². The number of likely N-dealkylation sites (tertiary alicyclic amines) is 1. The van der Waals surface area contributed by atoms with Gasteiger partial charge in [-0.05, 0) is 55.9 Å². The van der Waals surface area contributed by atoms with E-state index in [0.29, 0.717) is 11.4 Å². The quantitative estimate of drug-likeness (QED) is 0.543. The Balaban J connectivity index is 1.33. The minimum absolute atomic E-state index is 0.0263. The number of carbonyl (C=O) groups is 1. The van der Waals surface area contributed by atoms with Crippen LogP contribution in [-0.2, 0) is 11.3 Å². The molecular formula is C27H38N6O. The normalized spacial score (nSPS) is 17.8. The van der Waals surface area contributed by atoms with Gasteiger partial charge in [0.25, 0.3) is 5.91 Å². The molecule has 0 radical (unpaired) electrons. The summed E-state index contributed by atoms with van der Waals surface area (Å²) in [6.45, 7) is 7.01. The predicted octanol–water partition coefficient (Wildman–Crippen LogP) is 3.96. The molecule has 0 unspecified atom stereocenters. The van der Waals surface area contributed by atoms with E-state index in [0.717, 1.165) is 51.4 Å². The van der Waals surface area contributed by atoms with Crippen LogP contribution in [0, 0.1) is 12.3 Å². The molecule has 0 aliphatic carbocycles. The van der Waals surface area contributed by atoms with Crippen LogP contribution in [0.15, 0.2) is 36.4 Å². The summed E-state index contributed by atoms with van der Waals surface area (Å²) in [6, 6.07) is 12.4. The lowest BCUT2D eigenvalue weighted by atomic mass is 10.0. The molecule has 4 rings (SSSR count). The molecule has 0 saturated carbocycles. The van der Waals surface area contributed by atoms with Crippen molar-refractivity contribution in [3.8, 4) is 0 Å². The molecule has 7 nitrogen and oxygen atoms in total. The van der Waals surface area contributed by atoms with Gasteiger partial charge in [0.05, 0.1) is 0 Å². The van der Waals surface area contributed by atoms with Crippen molar-refractivity contribution < 1.29 is 4.79 Å². The molecule has 3 N–H and O–H groups in total. The van der Waals surface area contributed by atoms with E-state index in [1.807, 2.05) is 12.1 Å². The average molecular weight is 463 g/mol. The van der Waals surface area contributed by atoms with Gasteiger partial charge in [0.15, 0.2) is 0 Å². The Kier molecular flexibility index (Phi) is 8.16. The van der Waals surface area contributed by atoms with Crippen molar-refractivity contribution in [3.63, 3.8) is 0 Å². The van der Waals surface area contributed by atoms with Crippen LogP contribution in [0.5, 0.6) is 0 Å². The van der Waals surface area contributed by atoms with E-state index in [9.17, 15) is 4.79 Å². The van der Waals surface area contributed by atoms with Crippen LogP contribution in [-0.4, -0.2) is 60.8 Å². The van der Waals surface area contributed by atoms with E-state index in [2.05, 4.69) is 51.6 Å². The minimum atomic E-state index is -0.321. The molecule has 1 amide bonds. The highest BCUT2D eigenvalue weighted by Gasteiger charge is 2.24. The molecule has 2 fully saturated rings. The van der Waals surface area contributed by atoms with Gasteiger partial charge in [-0.2, -0.15) is 0 Å². The Labute approximate surface area is 203 Å². The standard InChI is InChI=1S/C27H38N6O/c1-20-9-5-6-10-21(20)19-32-17-13-22(14-18-32)30-27(34)25(28)23-11-12-24(31-26(23)29-2)33-15-7-3-4-8-16-33/h5-6,9-12,22,28H,3-4,7-8,13-19H2,1-2H3,(H,29,31)(H,30,34). The zero-order chi connectivity index (χ0) is 23.9. The fourth-order valence-electron chi connectivity index (χ4n) is 4.96. The Morgan fingerprint density at radius 2 is 1.74 bits per heavy atom. The lowest BCUT2D eigenvalue weighted by Gasteiger charge is -2.32. The largest absolute Gasteiger partial charge is 0.373 e. The first kappa shape index (κ1) is 24.2. The Hall–Kier alpha value is -2.93. The summed E-state index contributed by atoms with van der Waals surface area (Å²) < 4.78 is 0. The van der Waals surface area contributed by atoms with Crippen LogP contribution in [0.4, 0.5) is 11.6 Å². The lowest BCUT2D eigenvalue weighted by molar-refractivity contribution is -0.115. The second-order valence-corrected chi connectivity index (χ2v) is 9.54. The van der Waals surface area contributed by atoms with Crippen LogP contribution < -0.4 is 15.5 Å². The number of benzene rings is 1. The fraction of sp³-hybridized carbons (Fsp3) is 0.519. The average Bonchev–Trinajstić information content (AvgIpc) is 3.15. The molecule has 0 atom stereocenters. The van der Waals surface area contributed by atoms with E-state index in [1.165, 1.54) is 36.8 Å². The maximum Gasteiger partial charge on any atom is 0.270 e. The lowest BCUT2D eigenvalue weighted by Crippen LogP contribution is -2.46. The van der Waals surface area contributed by atoms with Crippen LogP contribution in [0.1, 0.15) is 55.2 Å². The van der Waals surface area contributed by atoms with Gasteiger partial charge in [-0.1, -0.05) is 37.1 Å². The Morgan fingerprint density at radius 3 is 2.41 bits per heavy atom. The first-order chi connectivity index (χ1) is 16.5. The molecule has 2 saturated heterocycles. The Bertz CT molecular complexity index is 990. The molecule has 2 aromatic rings. The topological polar surface area (TPSA) is 84.4 Å². The first-order valence-corrected chi connectivity index (χ1v) is 12.7. The van der Waals surface area contributed by atoms with Crippen LogP contribution in [0.3, 0.4) is 0 Å². The number of amides is 1. The van der Waals surface area contributed by atoms with Crippen LogP contribution >= 0.6 is 0 Å². The van der Waals surface area contributed by atoms with Gasteiger partial charge < -0.3 is 15.5 Å². The third-order valence-electron chi connectivity index (χ3n) is 7.12. The number of nitrogens with one attached hydrogen (secondary N) is 3. The SMILES string of the molecule is CNc1nc(N2CCCCCC2)ccc1C(=N)C(=O)NC1CCN(Cc2ccccc2C)CC1. The van der Waals surface area contributed by atoms with E-state index in [-0.39, 0.29) is 17.7 Å². The molecule has 7 heteroatoms. The summed E-state index contributed by atoms with van der Waals surface area (Å²) in [5.41, 5.74) is 3.21. The second kappa shape index (κ2) is 11.5. The molecule has 182 valence electrons. The van der Waals surface area contributed by atoms with Gasteiger partial charge in [-0.3, -0.25) is 15.1 Å². The maximum absolute atomic E-state index is 12.9. The van der Waals surface area contributed by atoms with Gasteiger partial charge in [-0.15, -0.1) is 0 Å². The smallest absolute Gasteiger partial charge is 0.270 e. The van der Waals surface area contributed by atoms with Crippen molar-refractivity contribution in [1.29, 1.82) is 5.41 Å². The summed E-state index contributed by atoms with van der Waals surface area (Å²) in [7, 11) is 1.80. The zero-order valence-corrected chi connectivity index (χ0v) is 20.6. The van der Waals surface area contributed by atoms with Crippen molar-refractivity contribution in [2.45, 2.75) is 58.0 Å². The molecular weight excluding hydrogens is 424 g/mol. The summed E-state index contributed by atoms with van der Waals surface area (Å²) in [5, 5.41) is 14.7. The van der Waals surface area contributed by atoms with Gasteiger partial charge in [0.1, 0.15) is 17.3 Å². The summed E-state index contributed by atoms with van der Waals surface area (Å²) >= 11 is 0. The van der Waals surface area contributed by atoms with Crippen molar-refractivity contribution in [3.05, 3.63) is 53.1 Å². The number of carbonyl (C=O) groups excluding carboxylic acids is 1. The molecule has 2 aliphatic heterocycles. The highest BCUT2D eigenvalue weighted by atomic mass is 16.1. The fourth-order valence-corrected chi connectivity index (χ4v) is 4.96. The molecule has 2 aliphatic rings. The number of nitrogens with zero attached hydrogens (tertiary/aromatic N) is 3. The monoisotopic (exact) mass is 462 g/mol. The van der Waals surface area contributed by atoms with Crippen molar-refractivity contribution >= 4 is 23.3 Å². The van der Waals surface area contributed by atoms with Crippen LogP contribution in [0.25, 0.3) is 0 Å². The highest BCUT2D eigenvalue weighted by molar-refractivity contribution is 6.45. The van der Waals surface area contributed by atoms with Crippen molar-refractivity contribution in [2.24, 2.45) is 0 Å². The predicted molar refractivity (Wildman–Crippen MR) is 139 cm³/mol. The Morgan fingerprint density at radius 1 is 1.03 bits per heavy atom. The number of anilines is 2. The third kappa shape index (κ3) is 5.95. The van der Waals surface area contributed by atoms with Crippen molar-refractivity contribution in [1.82, 2.24) is 15.2 Å². The number of hydrogen-bond acceptors (Lipinski definition) is 6. The maximum atomic E-state index is 12.9. The summed E-state index contributed by atoms with van der Waals surface area (Å²) in [6.07, 6.45) is 6.69. The molecule has 3 heterocycles. The molecule has 1 aromatic carbocycles. The van der Waals surface area contributed by atoms with Gasteiger partial charge in [0, 0.05) is 51.4 Å². The molecule has 34 heavy (non-hydrogen) atoms. The first-order valence-electron chi connectivity index (χ1n) is 12.7. The van der Waals surface area contributed by atoms with Gasteiger partial charge in [-0.25, -0.2) is 4.98 Å². The number of pyridine rings is 1. The zero-order valence-electron chi connectivity index (χ0n) is 20.6. The number of aryl methyl sites for hydroxylation is 1. The number of rotatable bonds is 7.